The third kappa shape index (κ3) is 1.95. The van der Waals surface area contributed by atoms with E-state index in [0.29, 0.717) is 0 Å². The van der Waals surface area contributed by atoms with Crippen LogP contribution in [0.3, 0.4) is 0 Å². The summed E-state index contributed by atoms with van der Waals surface area (Å²) in [6.07, 6.45) is 0. The van der Waals surface area contributed by atoms with Crippen molar-refractivity contribution in [2.45, 2.75) is 19.7 Å². The van der Waals surface area contributed by atoms with Gasteiger partial charge in [0.25, 0.3) is 0 Å². The molecule has 16 heavy (non-hydrogen) atoms. The Kier molecular flexibility index (Phi) is 2.97. The Morgan fingerprint density at radius 2 is 2.06 bits per heavy atom. The highest BCUT2D eigenvalue weighted by molar-refractivity contribution is 6.17. The molecule has 1 aromatic heterocycles. The van der Waals surface area contributed by atoms with E-state index in [1.54, 1.807) is 10.7 Å². The third-order valence-corrected chi connectivity index (χ3v) is 2.71. The fourth-order valence-electron chi connectivity index (χ4n) is 1.74. The van der Waals surface area contributed by atoms with Gasteiger partial charge in [-0.2, -0.15) is 5.10 Å². The molecule has 0 saturated heterocycles. The SMILES string of the molecule is Cc1cc(C)n(-c2ccc(F)cc2CCl)n1. The maximum absolute atomic E-state index is 13.1. The Labute approximate surface area is 98.7 Å². The summed E-state index contributed by atoms with van der Waals surface area (Å²) in [5.41, 5.74) is 3.52. The molecular formula is C12H12ClFN2. The number of benzene rings is 1. The number of aryl methyl sites for hydroxylation is 2. The summed E-state index contributed by atoms with van der Waals surface area (Å²) in [6.45, 7) is 3.88. The molecule has 84 valence electrons. The molecule has 0 radical (unpaired) electrons. The molecule has 1 aromatic carbocycles. The molecule has 2 rings (SSSR count). The van der Waals surface area contributed by atoms with Crippen molar-refractivity contribution in [3.8, 4) is 5.69 Å². The average Bonchev–Trinajstić information content (AvgIpc) is 2.57. The van der Waals surface area contributed by atoms with Crippen molar-refractivity contribution in [3.05, 3.63) is 47.0 Å². The fraction of sp³-hybridized carbons (Fsp3) is 0.250. The number of halogens is 2. The lowest BCUT2D eigenvalue weighted by Crippen LogP contribution is -2.03. The van der Waals surface area contributed by atoms with Crippen LogP contribution >= 0.6 is 11.6 Å². The molecule has 0 amide bonds. The van der Waals surface area contributed by atoms with Gasteiger partial charge in [-0.1, -0.05) is 0 Å². The van der Waals surface area contributed by atoms with Gasteiger partial charge in [0, 0.05) is 11.6 Å². The zero-order valence-electron chi connectivity index (χ0n) is 9.17. The van der Waals surface area contributed by atoms with E-state index < -0.39 is 0 Å². The maximum atomic E-state index is 13.1. The van der Waals surface area contributed by atoms with Gasteiger partial charge in [0.15, 0.2) is 0 Å². The summed E-state index contributed by atoms with van der Waals surface area (Å²) in [4.78, 5) is 0. The molecule has 0 fully saturated rings. The summed E-state index contributed by atoms with van der Waals surface area (Å²) in [6, 6.07) is 6.54. The predicted molar refractivity (Wildman–Crippen MR) is 62.6 cm³/mol. The van der Waals surface area contributed by atoms with Crippen molar-refractivity contribution < 1.29 is 4.39 Å². The standard InChI is InChI=1S/C12H12ClFN2/c1-8-5-9(2)16(15-8)12-4-3-11(14)6-10(12)7-13/h3-6H,7H2,1-2H3. The first-order valence-electron chi connectivity index (χ1n) is 5.00. The molecule has 2 nitrogen and oxygen atoms in total. The Hall–Kier alpha value is -1.35. The summed E-state index contributed by atoms with van der Waals surface area (Å²) < 4.78 is 14.9. The smallest absolute Gasteiger partial charge is 0.123 e. The Morgan fingerprint density at radius 3 is 2.62 bits per heavy atom. The Morgan fingerprint density at radius 1 is 1.31 bits per heavy atom. The highest BCUT2D eigenvalue weighted by atomic mass is 35.5. The van der Waals surface area contributed by atoms with Crippen molar-refractivity contribution in [2.75, 3.05) is 0 Å². The second-order valence-corrected chi connectivity index (χ2v) is 4.01. The van der Waals surface area contributed by atoms with Gasteiger partial charge < -0.3 is 0 Å². The Balaban J connectivity index is 2.59. The minimum atomic E-state index is -0.277. The van der Waals surface area contributed by atoms with Crippen LogP contribution in [0.25, 0.3) is 5.69 Å². The maximum Gasteiger partial charge on any atom is 0.123 e. The largest absolute Gasteiger partial charge is 0.238 e. The molecule has 0 atom stereocenters. The molecule has 0 unspecified atom stereocenters. The lowest BCUT2D eigenvalue weighted by atomic mass is 10.2. The van der Waals surface area contributed by atoms with E-state index >= 15 is 0 Å². The average molecular weight is 239 g/mol. The molecule has 0 aliphatic rings. The van der Waals surface area contributed by atoms with Gasteiger partial charge >= 0.3 is 0 Å². The van der Waals surface area contributed by atoms with Crippen LogP contribution in [0, 0.1) is 19.7 Å². The van der Waals surface area contributed by atoms with Crippen molar-refractivity contribution >= 4 is 11.6 Å². The van der Waals surface area contributed by atoms with Crippen LogP contribution < -0.4 is 0 Å². The normalized spacial score (nSPS) is 10.8. The topological polar surface area (TPSA) is 17.8 Å². The summed E-state index contributed by atoms with van der Waals surface area (Å²) in [5, 5.41) is 4.35. The van der Waals surface area contributed by atoms with Crippen molar-refractivity contribution in [3.63, 3.8) is 0 Å². The zero-order chi connectivity index (χ0) is 11.7. The number of alkyl halides is 1. The van der Waals surface area contributed by atoms with Gasteiger partial charge in [0.05, 0.1) is 11.4 Å². The molecule has 2 aromatic rings. The van der Waals surface area contributed by atoms with Crippen LogP contribution in [-0.4, -0.2) is 9.78 Å². The number of nitrogens with zero attached hydrogens (tertiary/aromatic N) is 2. The lowest BCUT2D eigenvalue weighted by Gasteiger charge is -2.09. The summed E-state index contributed by atoms with van der Waals surface area (Å²) >= 11 is 5.81. The van der Waals surface area contributed by atoms with Crippen molar-refractivity contribution in [2.24, 2.45) is 0 Å². The van der Waals surface area contributed by atoms with Gasteiger partial charge in [-0.25, -0.2) is 9.07 Å². The van der Waals surface area contributed by atoms with Crippen molar-refractivity contribution in [1.29, 1.82) is 0 Å². The zero-order valence-corrected chi connectivity index (χ0v) is 9.92. The lowest BCUT2D eigenvalue weighted by molar-refractivity contribution is 0.625. The highest BCUT2D eigenvalue weighted by Crippen LogP contribution is 2.19. The fourth-order valence-corrected chi connectivity index (χ4v) is 1.95. The van der Waals surface area contributed by atoms with Gasteiger partial charge in [0.2, 0.25) is 0 Å². The molecule has 0 aliphatic carbocycles. The number of hydrogen-bond acceptors (Lipinski definition) is 1. The van der Waals surface area contributed by atoms with E-state index in [1.165, 1.54) is 12.1 Å². The molecule has 0 bridgehead atoms. The first-order chi connectivity index (χ1) is 7.61. The van der Waals surface area contributed by atoms with E-state index in [4.69, 9.17) is 11.6 Å². The molecule has 0 aliphatic heterocycles. The molecule has 0 spiro atoms. The molecular weight excluding hydrogens is 227 g/mol. The van der Waals surface area contributed by atoms with Crippen LogP contribution in [0.5, 0.6) is 0 Å². The predicted octanol–water partition coefficient (Wildman–Crippen LogP) is 3.37. The van der Waals surface area contributed by atoms with Gasteiger partial charge in [-0.15, -0.1) is 11.6 Å². The summed E-state index contributed by atoms with van der Waals surface area (Å²) in [5.74, 6) is -0.00763. The van der Waals surface area contributed by atoms with Crippen LogP contribution in [0.2, 0.25) is 0 Å². The van der Waals surface area contributed by atoms with Gasteiger partial charge in [-0.05, 0) is 43.7 Å². The molecule has 4 heteroatoms. The van der Waals surface area contributed by atoms with E-state index in [1.807, 2.05) is 19.9 Å². The molecule has 1 heterocycles. The second-order valence-electron chi connectivity index (χ2n) is 3.75. The number of aromatic nitrogens is 2. The minimum absolute atomic E-state index is 0.269. The quantitative estimate of drug-likeness (QED) is 0.734. The van der Waals surface area contributed by atoms with Crippen LogP contribution in [0.15, 0.2) is 24.3 Å². The number of hydrogen-bond donors (Lipinski definition) is 0. The van der Waals surface area contributed by atoms with E-state index in [2.05, 4.69) is 5.10 Å². The minimum Gasteiger partial charge on any atom is -0.238 e. The first-order valence-corrected chi connectivity index (χ1v) is 5.53. The van der Waals surface area contributed by atoms with Crippen molar-refractivity contribution in [1.82, 2.24) is 9.78 Å². The van der Waals surface area contributed by atoms with Crippen LogP contribution in [0.4, 0.5) is 4.39 Å². The van der Waals surface area contributed by atoms with Gasteiger partial charge in [-0.3, -0.25) is 0 Å². The first kappa shape index (κ1) is 11.1. The Bertz CT molecular complexity index is 520. The van der Waals surface area contributed by atoms with E-state index in [0.717, 1.165) is 22.6 Å². The van der Waals surface area contributed by atoms with E-state index in [9.17, 15) is 4.39 Å². The number of rotatable bonds is 2. The third-order valence-electron chi connectivity index (χ3n) is 2.42. The monoisotopic (exact) mass is 238 g/mol. The summed E-state index contributed by atoms with van der Waals surface area (Å²) in [7, 11) is 0. The van der Waals surface area contributed by atoms with Crippen LogP contribution in [0.1, 0.15) is 17.0 Å². The van der Waals surface area contributed by atoms with E-state index in [-0.39, 0.29) is 11.7 Å². The molecule has 0 N–H and O–H groups in total. The van der Waals surface area contributed by atoms with Crippen LogP contribution in [-0.2, 0) is 5.88 Å². The second kappa shape index (κ2) is 4.26. The van der Waals surface area contributed by atoms with Gasteiger partial charge in [0.1, 0.15) is 5.82 Å². The highest BCUT2D eigenvalue weighted by Gasteiger charge is 2.09. The molecule has 0 saturated carbocycles.